The standard InChI is InChI=1S/2C48H30N2/c1-3-11-36-27-38(24-18-31(36)9-1)44-30-46(39-25-19-32-10-2-4-12-37(32)28-39)50-48-42-16-6-5-15-41(42)43(29-45(44)48)34-22-20-33(21-23-34)40-17-7-13-35-14-8-26-49-47(35)40;1-3-11-35-27-37(23-17-31(35)9-1)44-30-47(38-24-18-32-10-2-4-12-36(32)28-38)50-48-42-15-6-5-13-40(42)43(29-45(44)48)34-21-19-33(20-22-34)39-25-26-49-46-16-8-7-14-41(39)46/h2*1-30H. The van der Waals surface area contributed by atoms with E-state index in [1.807, 2.05) is 24.5 Å². The molecule has 0 aliphatic carbocycles. The molecule has 0 fully saturated rings. The highest BCUT2D eigenvalue weighted by atomic mass is 14.7. The Morgan fingerprint density at radius 2 is 0.510 bits per heavy atom. The SMILES string of the molecule is c1ccc2cc(-c3cc(-c4ccc5ccccc5c4)c4cc(-c5ccc(-c6cccc7cccnc67)cc5)c5ccccc5c4n3)ccc2c1.c1ccc2cc(-c3cc(-c4ccc5ccccc5c4)c4cc(-c5ccc(-c6ccnc7ccccc67)cc5)c5ccccc5c4n3)ccc2c1. The van der Waals surface area contributed by atoms with Crippen LogP contribution >= 0.6 is 0 Å². The summed E-state index contributed by atoms with van der Waals surface area (Å²) in [6.07, 6.45) is 3.77. The largest absolute Gasteiger partial charge is 0.256 e. The van der Waals surface area contributed by atoms with Gasteiger partial charge >= 0.3 is 0 Å². The van der Waals surface area contributed by atoms with Gasteiger partial charge in [0, 0.05) is 61.4 Å². The lowest BCUT2D eigenvalue weighted by atomic mass is 9.90. The third-order valence-electron chi connectivity index (χ3n) is 20.1. The molecular weight excluding hydrogens is 1210 g/mol. The maximum atomic E-state index is 5.44. The zero-order chi connectivity index (χ0) is 66.0. The molecule has 0 bridgehead atoms. The van der Waals surface area contributed by atoms with E-state index >= 15 is 0 Å². The second-order valence-electron chi connectivity index (χ2n) is 26.0. The Labute approximate surface area is 578 Å². The highest BCUT2D eigenvalue weighted by Gasteiger charge is 2.20. The predicted octanol–water partition coefficient (Wildman–Crippen LogP) is 25.8. The summed E-state index contributed by atoms with van der Waals surface area (Å²) in [4.78, 5) is 20.2. The molecule has 0 aliphatic rings. The molecule has 4 nitrogen and oxygen atoms in total. The van der Waals surface area contributed by atoms with E-state index in [0.717, 1.165) is 88.0 Å². The summed E-state index contributed by atoms with van der Waals surface area (Å²) in [5.74, 6) is 0. The van der Waals surface area contributed by atoms with E-state index in [0.29, 0.717) is 0 Å². The van der Waals surface area contributed by atoms with Crippen LogP contribution in [-0.4, -0.2) is 19.9 Å². The quantitative estimate of drug-likeness (QED) is 0.142. The van der Waals surface area contributed by atoms with Crippen molar-refractivity contribution in [2.75, 3.05) is 0 Å². The molecule has 0 saturated carbocycles. The summed E-state index contributed by atoms with van der Waals surface area (Å²) >= 11 is 0. The highest BCUT2D eigenvalue weighted by molar-refractivity contribution is 6.18. The van der Waals surface area contributed by atoms with E-state index in [-0.39, 0.29) is 0 Å². The van der Waals surface area contributed by atoms with E-state index in [9.17, 15) is 0 Å². The predicted molar refractivity (Wildman–Crippen MR) is 423 cm³/mol. The molecule has 100 heavy (non-hydrogen) atoms. The number of pyridine rings is 4. The minimum absolute atomic E-state index is 0.970. The van der Waals surface area contributed by atoms with Gasteiger partial charge in [-0.05, 0) is 182 Å². The van der Waals surface area contributed by atoms with Crippen LogP contribution in [0.1, 0.15) is 0 Å². The van der Waals surface area contributed by atoms with Crippen molar-refractivity contribution < 1.29 is 0 Å². The van der Waals surface area contributed by atoms with E-state index in [1.54, 1.807) is 0 Å². The number of nitrogens with zero attached hydrogens (tertiary/aromatic N) is 4. The lowest BCUT2D eigenvalue weighted by Crippen LogP contribution is -1.94. The first-order valence-electron chi connectivity index (χ1n) is 34.1. The van der Waals surface area contributed by atoms with Crippen molar-refractivity contribution in [2.45, 2.75) is 0 Å². The van der Waals surface area contributed by atoms with Crippen LogP contribution in [0.25, 0.3) is 198 Å². The normalized spacial score (nSPS) is 11.6. The molecule has 20 aromatic rings. The second-order valence-corrected chi connectivity index (χ2v) is 26.0. The van der Waals surface area contributed by atoms with Crippen LogP contribution in [-0.2, 0) is 0 Å². The monoisotopic (exact) mass is 1270 g/mol. The van der Waals surface area contributed by atoms with Crippen LogP contribution in [0, 0.1) is 0 Å². The highest BCUT2D eigenvalue weighted by Crippen LogP contribution is 2.45. The average molecular weight is 1270 g/mol. The van der Waals surface area contributed by atoms with Crippen molar-refractivity contribution in [1.29, 1.82) is 0 Å². The lowest BCUT2D eigenvalue weighted by Gasteiger charge is -2.16. The number of hydrogen-bond donors (Lipinski definition) is 0. The van der Waals surface area contributed by atoms with Crippen LogP contribution < -0.4 is 0 Å². The Balaban J connectivity index is 0.000000139. The first-order chi connectivity index (χ1) is 49.5. The molecule has 0 radical (unpaired) electrons. The second kappa shape index (κ2) is 24.4. The molecular formula is C96H60N4. The van der Waals surface area contributed by atoms with Gasteiger partial charge in [-0.25, -0.2) is 9.97 Å². The maximum absolute atomic E-state index is 5.44. The third-order valence-corrected chi connectivity index (χ3v) is 20.1. The number of rotatable bonds is 8. The fourth-order valence-corrected chi connectivity index (χ4v) is 15.1. The first-order valence-corrected chi connectivity index (χ1v) is 34.1. The van der Waals surface area contributed by atoms with Crippen molar-refractivity contribution in [1.82, 2.24) is 19.9 Å². The van der Waals surface area contributed by atoms with Gasteiger partial charge in [0.2, 0.25) is 0 Å². The zero-order valence-corrected chi connectivity index (χ0v) is 54.4. The Bertz CT molecular complexity index is 6240. The minimum Gasteiger partial charge on any atom is -0.256 e. The van der Waals surface area contributed by atoms with E-state index in [1.165, 1.54) is 109 Å². The molecule has 0 spiro atoms. The molecule has 4 heteroatoms. The molecule has 4 aromatic heterocycles. The number of aromatic nitrogens is 4. The number of benzene rings is 16. The molecule has 0 amide bonds. The van der Waals surface area contributed by atoms with Gasteiger partial charge in [0.15, 0.2) is 0 Å². The molecule has 0 aliphatic heterocycles. The van der Waals surface area contributed by atoms with Crippen molar-refractivity contribution in [3.8, 4) is 89.3 Å². The van der Waals surface area contributed by atoms with Crippen LogP contribution in [0.4, 0.5) is 0 Å². The summed E-state index contributed by atoms with van der Waals surface area (Å²) in [6.45, 7) is 0. The van der Waals surface area contributed by atoms with Crippen LogP contribution in [0.2, 0.25) is 0 Å². The van der Waals surface area contributed by atoms with Crippen molar-refractivity contribution >= 4 is 108 Å². The van der Waals surface area contributed by atoms with Gasteiger partial charge in [-0.3, -0.25) is 9.97 Å². The van der Waals surface area contributed by atoms with Gasteiger partial charge in [-0.2, -0.15) is 0 Å². The average Bonchev–Trinajstić information content (AvgIpc) is 0.742. The van der Waals surface area contributed by atoms with Crippen LogP contribution in [0.15, 0.2) is 364 Å². The zero-order valence-electron chi connectivity index (χ0n) is 54.4. The lowest BCUT2D eigenvalue weighted by molar-refractivity contribution is 1.41. The number of hydrogen-bond acceptors (Lipinski definition) is 4. The first kappa shape index (κ1) is 58.1. The van der Waals surface area contributed by atoms with Crippen molar-refractivity contribution in [3.05, 3.63) is 364 Å². The van der Waals surface area contributed by atoms with Gasteiger partial charge in [-0.1, -0.05) is 285 Å². The van der Waals surface area contributed by atoms with Gasteiger partial charge in [0.05, 0.1) is 33.5 Å². The molecule has 0 atom stereocenters. The van der Waals surface area contributed by atoms with Crippen molar-refractivity contribution in [3.63, 3.8) is 0 Å². The van der Waals surface area contributed by atoms with E-state index in [4.69, 9.17) is 15.0 Å². The number of para-hydroxylation sites is 2. The maximum Gasteiger partial charge on any atom is 0.0794 e. The molecule has 464 valence electrons. The molecule has 16 aromatic carbocycles. The summed E-state index contributed by atoms with van der Waals surface area (Å²) in [5, 5.41) is 19.0. The fraction of sp³-hybridized carbons (Fsp3) is 0. The summed E-state index contributed by atoms with van der Waals surface area (Å²) in [5.41, 5.74) is 22.3. The molecule has 0 N–H and O–H groups in total. The Kier molecular flexibility index (Phi) is 14.2. The fourth-order valence-electron chi connectivity index (χ4n) is 15.1. The molecule has 20 rings (SSSR count). The van der Waals surface area contributed by atoms with Gasteiger partial charge < -0.3 is 0 Å². The van der Waals surface area contributed by atoms with Gasteiger partial charge in [-0.15, -0.1) is 0 Å². The summed E-state index contributed by atoms with van der Waals surface area (Å²) in [7, 11) is 0. The molecule has 4 heterocycles. The van der Waals surface area contributed by atoms with E-state index < -0.39 is 0 Å². The molecule has 0 unspecified atom stereocenters. The Morgan fingerprint density at radius 3 is 0.990 bits per heavy atom. The Morgan fingerprint density at radius 1 is 0.160 bits per heavy atom. The van der Waals surface area contributed by atoms with Crippen LogP contribution in [0.3, 0.4) is 0 Å². The summed E-state index contributed by atoms with van der Waals surface area (Å²) in [6, 6.07) is 127. The number of fused-ring (bicyclic) bond motifs is 12. The van der Waals surface area contributed by atoms with Crippen LogP contribution in [0.5, 0.6) is 0 Å². The topological polar surface area (TPSA) is 51.6 Å². The van der Waals surface area contributed by atoms with Gasteiger partial charge in [0.1, 0.15) is 0 Å². The molecule has 0 saturated heterocycles. The Hall–Kier alpha value is -13.3. The smallest absolute Gasteiger partial charge is 0.0794 e. The minimum atomic E-state index is 0.970. The summed E-state index contributed by atoms with van der Waals surface area (Å²) < 4.78 is 0. The van der Waals surface area contributed by atoms with Gasteiger partial charge in [0.25, 0.3) is 0 Å². The van der Waals surface area contributed by atoms with E-state index in [2.05, 4.69) is 345 Å². The third kappa shape index (κ3) is 10.4. The van der Waals surface area contributed by atoms with Crippen molar-refractivity contribution in [2.24, 2.45) is 0 Å².